The van der Waals surface area contributed by atoms with Crippen LogP contribution < -0.4 is 5.30 Å². The predicted octanol–water partition coefficient (Wildman–Crippen LogP) is 5.22. The van der Waals surface area contributed by atoms with E-state index in [1.165, 1.54) is 12.1 Å². The van der Waals surface area contributed by atoms with Crippen molar-refractivity contribution < 1.29 is 13.3 Å². The van der Waals surface area contributed by atoms with Crippen LogP contribution in [0.15, 0.2) is 66.7 Å². The van der Waals surface area contributed by atoms with Crippen LogP contribution in [0.25, 0.3) is 22.3 Å². The van der Waals surface area contributed by atoms with Gasteiger partial charge in [-0.2, -0.15) is 0 Å². The molecule has 0 aliphatic carbocycles. The fraction of sp³-hybridized carbons (Fsp3) is 0. The van der Waals surface area contributed by atoms with E-state index in [1.807, 2.05) is 0 Å². The Morgan fingerprint density at radius 1 is 0.636 bits per heavy atom. The maximum absolute atomic E-state index is 14.2. The molecule has 4 heteroatoms. The zero-order valence-electron chi connectivity index (χ0n) is 11.5. The van der Waals surface area contributed by atoms with E-state index in [0.29, 0.717) is 27.6 Å². The van der Waals surface area contributed by atoms with Crippen LogP contribution in [0.2, 0.25) is 0 Å². The third-order valence-corrected chi connectivity index (χ3v) is 4.02. The monoisotopic (exact) mass is 312 g/mol. The van der Waals surface area contributed by atoms with Gasteiger partial charge in [0.2, 0.25) is 0 Å². The van der Waals surface area contributed by atoms with Gasteiger partial charge < -0.3 is 0 Å². The second-order valence-electron chi connectivity index (χ2n) is 4.75. The van der Waals surface area contributed by atoms with Crippen molar-refractivity contribution in [2.45, 2.75) is 0 Å². The average Bonchev–Trinajstić information content (AvgIpc) is 2.55. The van der Waals surface area contributed by atoms with Crippen LogP contribution in [0.4, 0.5) is 8.78 Å². The highest BCUT2D eigenvalue weighted by molar-refractivity contribution is 7.34. The summed E-state index contributed by atoms with van der Waals surface area (Å²) >= 11 is 0. The number of hydrogen-bond donors (Lipinski definition) is 0. The molecule has 0 aliphatic rings. The zero-order chi connectivity index (χ0) is 15.5. The first-order valence-electron chi connectivity index (χ1n) is 6.68. The fourth-order valence-electron chi connectivity index (χ4n) is 2.47. The van der Waals surface area contributed by atoms with Crippen molar-refractivity contribution in [1.29, 1.82) is 0 Å². The van der Waals surface area contributed by atoms with Crippen LogP contribution in [0.5, 0.6) is 0 Å². The van der Waals surface area contributed by atoms with E-state index in [-0.39, 0.29) is 8.46 Å². The molecule has 0 aromatic heterocycles. The van der Waals surface area contributed by atoms with Gasteiger partial charge in [-0.1, -0.05) is 48.5 Å². The normalized spacial score (nSPS) is 10.8. The van der Waals surface area contributed by atoms with Gasteiger partial charge >= 0.3 is 0 Å². The summed E-state index contributed by atoms with van der Waals surface area (Å²) in [6.07, 6.45) is 0. The topological polar surface area (TPSA) is 17.1 Å². The van der Waals surface area contributed by atoms with Crippen molar-refractivity contribution in [1.82, 2.24) is 0 Å². The van der Waals surface area contributed by atoms with Crippen molar-refractivity contribution in [2.24, 2.45) is 0 Å². The first-order valence-corrected chi connectivity index (χ1v) is 7.50. The fourth-order valence-corrected chi connectivity index (χ4v) is 2.95. The Balaban J connectivity index is 2.36. The van der Waals surface area contributed by atoms with E-state index < -0.39 is 11.6 Å². The van der Waals surface area contributed by atoms with Crippen LogP contribution in [-0.4, -0.2) is 0 Å². The molecule has 0 fully saturated rings. The Bertz CT molecular complexity index is 846. The molecule has 0 saturated carbocycles. The van der Waals surface area contributed by atoms with Gasteiger partial charge in [-0.3, -0.25) is 4.57 Å². The van der Waals surface area contributed by atoms with E-state index >= 15 is 0 Å². The Hall–Kier alpha value is -2.38. The highest BCUT2D eigenvalue weighted by Crippen LogP contribution is 2.34. The third-order valence-electron chi connectivity index (χ3n) is 3.45. The number of hydrogen-bond acceptors (Lipinski definition) is 1. The van der Waals surface area contributed by atoms with Gasteiger partial charge in [0.05, 0.1) is 5.30 Å². The highest BCUT2D eigenvalue weighted by Gasteiger charge is 2.17. The molecule has 0 spiro atoms. The Labute approximate surface area is 128 Å². The van der Waals surface area contributed by atoms with Crippen LogP contribution in [0, 0.1) is 11.6 Å². The molecule has 108 valence electrons. The molecule has 3 aromatic rings. The number of rotatable bonds is 3. The number of halogens is 2. The molecule has 3 rings (SSSR count). The molecule has 0 saturated heterocycles. The molecule has 1 nitrogen and oxygen atoms in total. The van der Waals surface area contributed by atoms with Crippen LogP contribution in [0.3, 0.4) is 0 Å². The SMILES string of the molecule is O=Pc1cccc(-c2ccccc2F)c1-c1ccccc1F. The zero-order valence-corrected chi connectivity index (χ0v) is 12.4. The minimum absolute atomic E-state index is 0.238. The molecule has 0 bridgehead atoms. The van der Waals surface area contributed by atoms with E-state index in [0.717, 1.165) is 0 Å². The van der Waals surface area contributed by atoms with Gasteiger partial charge in [-0.05, 0) is 23.8 Å². The van der Waals surface area contributed by atoms with Gasteiger partial charge in [-0.25, -0.2) is 8.78 Å². The maximum atomic E-state index is 14.2. The van der Waals surface area contributed by atoms with Gasteiger partial charge in [0.25, 0.3) is 0 Å². The van der Waals surface area contributed by atoms with Crippen molar-refractivity contribution >= 4 is 13.8 Å². The largest absolute Gasteiger partial charge is 0.269 e. The van der Waals surface area contributed by atoms with Crippen LogP contribution in [-0.2, 0) is 4.57 Å². The molecule has 3 aromatic carbocycles. The van der Waals surface area contributed by atoms with Gasteiger partial charge in [0.1, 0.15) is 11.6 Å². The minimum Gasteiger partial charge on any atom is -0.269 e. The lowest BCUT2D eigenvalue weighted by atomic mass is 9.94. The van der Waals surface area contributed by atoms with E-state index in [1.54, 1.807) is 54.6 Å². The smallest absolute Gasteiger partial charge is 0.192 e. The lowest BCUT2D eigenvalue weighted by molar-refractivity contribution is 0.603. The minimum atomic E-state index is -0.434. The van der Waals surface area contributed by atoms with E-state index in [9.17, 15) is 13.3 Å². The summed E-state index contributed by atoms with van der Waals surface area (Å²) in [4.78, 5) is 0. The average molecular weight is 312 g/mol. The highest BCUT2D eigenvalue weighted by atomic mass is 31.1. The van der Waals surface area contributed by atoms with E-state index in [2.05, 4.69) is 0 Å². The van der Waals surface area contributed by atoms with E-state index in [4.69, 9.17) is 0 Å². The lowest BCUT2D eigenvalue weighted by Crippen LogP contribution is -2.02. The molecule has 0 heterocycles. The summed E-state index contributed by atoms with van der Waals surface area (Å²) in [5.74, 6) is -0.837. The molecule has 0 unspecified atom stereocenters. The van der Waals surface area contributed by atoms with Crippen molar-refractivity contribution in [3.05, 3.63) is 78.4 Å². The van der Waals surface area contributed by atoms with Crippen molar-refractivity contribution in [3.8, 4) is 22.3 Å². The quantitative estimate of drug-likeness (QED) is 0.606. The van der Waals surface area contributed by atoms with Crippen molar-refractivity contribution in [2.75, 3.05) is 0 Å². The lowest BCUT2D eigenvalue weighted by Gasteiger charge is -2.13. The van der Waals surface area contributed by atoms with Crippen molar-refractivity contribution in [3.63, 3.8) is 0 Å². The van der Waals surface area contributed by atoms with Gasteiger partial charge in [0, 0.05) is 16.7 Å². The third kappa shape index (κ3) is 2.56. The Morgan fingerprint density at radius 2 is 1.18 bits per heavy atom. The van der Waals surface area contributed by atoms with Crippen LogP contribution >= 0.6 is 8.46 Å². The maximum Gasteiger partial charge on any atom is 0.192 e. The molecule has 22 heavy (non-hydrogen) atoms. The molecule has 0 atom stereocenters. The summed E-state index contributed by atoms with van der Waals surface area (Å²) in [7, 11) is -0.238. The second kappa shape index (κ2) is 6.17. The van der Waals surface area contributed by atoms with Crippen LogP contribution in [0.1, 0.15) is 0 Å². The summed E-state index contributed by atoms with van der Waals surface area (Å²) in [6.45, 7) is 0. The summed E-state index contributed by atoms with van der Waals surface area (Å²) in [5, 5.41) is 0.422. The second-order valence-corrected chi connectivity index (χ2v) is 5.42. The molecule has 0 aliphatic heterocycles. The molecular formula is C18H11F2OP. The number of benzene rings is 3. The summed E-state index contributed by atoms with van der Waals surface area (Å²) in [6, 6.07) is 17.5. The first kappa shape index (κ1) is 14.6. The Kier molecular flexibility index (Phi) is 4.08. The predicted molar refractivity (Wildman–Crippen MR) is 84.5 cm³/mol. The summed E-state index contributed by atoms with van der Waals surface area (Å²) in [5.41, 5.74) is 1.62. The first-order chi connectivity index (χ1) is 10.7. The van der Waals surface area contributed by atoms with Gasteiger partial charge in [0.15, 0.2) is 8.46 Å². The molecule has 0 N–H and O–H groups in total. The summed E-state index contributed by atoms with van der Waals surface area (Å²) < 4.78 is 39.8. The van der Waals surface area contributed by atoms with Gasteiger partial charge in [-0.15, -0.1) is 0 Å². The Morgan fingerprint density at radius 3 is 1.77 bits per heavy atom. The standard InChI is InChI=1S/C18H11F2OP/c19-15-9-3-1-6-12(15)13-8-5-11-17(22-21)18(13)14-7-2-4-10-16(14)20/h1-11H. The molecule has 0 radical (unpaired) electrons. The molecule has 0 amide bonds. The molecular weight excluding hydrogens is 301 g/mol.